The van der Waals surface area contributed by atoms with Crippen LogP contribution in [0.5, 0.6) is 11.5 Å². The predicted molar refractivity (Wildman–Crippen MR) is 81.5 cm³/mol. The van der Waals surface area contributed by atoms with Crippen molar-refractivity contribution < 1.29 is 18.7 Å². The van der Waals surface area contributed by atoms with E-state index in [2.05, 4.69) is 15.9 Å². The van der Waals surface area contributed by atoms with E-state index in [1.807, 2.05) is 0 Å². The fourth-order valence-corrected chi connectivity index (χ4v) is 2.25. The molecule has 0 aliphatic rings. The molecule has 0 fully saturated rings. The van der Waals surface area contributed by atoms with E-state index in [0.717, 1.165) is 6.07 Å². The molecule has 0 aliphatic carbocycles. The molecule has 0 radical (unpaired) electrons. The zero-order chi connectivity index (χ0) is 15.6. The van der Waals surface area contributed by atoms with Gasteiger partial charge in [-0.15, -0.1) is 0 Å². The van der Waals surface area contributed by atoms with Gasteiger partial charge in [-0.2, -0.15) is 0 Å². The Morgan fingerprint density at radius 2 is 1.81 bits per heavy atom. The van der Waals surface area contributed by atoms with Crippen molar-refractivity contribution in [3.8, 4) is 11.5 Å². The lowest BCUT2D eigenvalue weighted by molar-refractivity contribution is 0.103. The number of ketones is 1. The van der Waals surface area contributed by atoms with Crippen LogP contribution in [0.25, 0.3) is 0 Å². The summed E-state index contributed by atoms with van der Waals surface area (Å²) in [6.45, 7) is 0. The fraction of sp³-hybridized carbons (Fsp3) is 0.133. The highest BCUT2D eigenvalue weighted by Gasteiger charge is 2.18. The van der Waals surface area contributed by atoms with Gasteiger partial charge in [0.05, 0.1) is 29.9 Å². The molecule has 6 heteroatoms. The molecule has 0 amide bonds. The van der Waals surface area contributed by atoms with Crippen molar-refractivity contribution >= 4 is 27.4 Å². The number of rotatable bonds is 4. The molecule has 0 bridgehead atoms. The SMILES string of the molecule is COc1ccc(C(=O)c2cc(Br)c(F)cc2OC)cc1N. The lowest BCUT2D eigenvalue weighted by Crippen LogP contribution is -2.06. The van der Waals surface area contributed by atoms with Gasteiger partial charge in [-0.3, -0.25) is 4.79 Å². The standard InChI is InChI=1S/C15H13BrFNO3/c1-20-13-4-3-8(5-12(13)18)15(19)9-6-10(16)11(17)7-14(9)21-2/h3-7H,18H2,1-2H3. The molecule has 0 aliphatic heterocycles. The first-order valence-corrected chi connectivity index (χ1v) is 6.78. The number of carbonyl (C=O) groups excluding carboxylic acids is 1. The molecule has 2 aromatic rings. The highest BCUT2D eigenvalue weighted by atomic mass is 79.9. The monoisotopic (exact) mass is 353 g/mol. The Morgan fingerprint density at radius 1 is 1.14 bits per heavy atom. The first-order valence-electron chi connectivity index (χ1n) is 5.99. The molecular weight excluding hydrogens is 341 g/mol. The summed E-state index contributed by atoms with van der Waals surface area (Å²) < 4.78 is 23.8. The molecular formula is C15H13BrFNO3. The van der Waals surface area contributed by atoms with Crippen LogP contribution in [0.3, 0.4) is 0 Å². The molecule has 0 atom stereocenters. The molecule has 2 N–H and O–H groups in total. The van der Waals surface area contributed by atoms with Gasteiger partial charge in [0.15, 0.2) is 5.78 Å². The Kier molecular flexibility index (Phi) is 4.47. The molecule has 0 unspecified atom stereocenters. The summed E-state index contributed by atoms with van der Waals surface area (Å²) in [6, 6.07) is 7.25. The molecule has 0 saturated heterocycles. The maximum atomic E-state index is 13.5. The third kappa shape index (κ3) is 3.00. The Morgan fingerprint density at radius 3 is 2.38 bits per heavy atom. The topological polar surface area (TPSA) is 61.5 Å². The van der Waals surface area contributed by atoms with Gasteiger partial charge < -0.3 is 15.2 Å². The summed E-state index contributed by atoms with van der Waals surface area (Å²) >= 11 is 3.06. The third-order valence-electron chi connectivity index (χ3n) is 2.98. The normalized spacial score (nSPS) is 10.3. The Balaban J connectivity index is 2.49. The minimum atomic E-state index is -0.502. The van der Waals surface area contributed by atoms with Gasteiger partial charge in [0, 0.05) is 11.6 Å². The average molecular weight is 354 g/mol. The minimum Gasteiger partial charge on any atom is -0.496 e. The number of ether oxygens (including phenoxy) is 2. The molecule has 0 saturated carbocycles. The number of hydrogen-bond acceptors (Lipinski definition) is 4. The molecule has 110 valence electrons. The van der Waals surface area contributed by atoms with Gasteiger partial charge in [0.1, 0.15) is 17.3 Å². The summed E-state index contributed by atoms with van der Waals surface area (Å²) in [4.78, 5) is 12.5. The number of hydrogen-bond donors (Lipinski definition) is 1. The van der Waals surface area contributed by atoms with Crippen LogP contribution < -0.4 is 15.2 Å². The van der Waals surface area contributed by atoms with Crippen molar-refractivity contribution in [3.63, 3.8) is 0 Å². The number of nitrogen functional groups attached to an aromatic ring is 1. The van der Waals surface area contributed by atoms with Crippen molar-refractivity contribution in [1.82, 2.24) is 0 Å². The minimum absolute atomic E-state index is 0.162. The fourth-order valence-electron chi connectivity index (χ4n) is 1.91. The lowest BCUT2D eigenvalue weighted by Gasteiger charge is -2.10. The Bertz CT molecular complexity index is 704. The zero-order valence-corrected chi connectivity index (χ0v) is 13.0. The van der Waals surface area contributed by atoms with Gasteiger partial charge >= 0.3 is 0 Å². The molecule has 21 heavy (non-hydrogen) atoms. The predicted octanol–water partition coefficient (Wildman–Crippen LogP) is 3.42. The maximum Gasteiger partial charge on any atom is 0.196 e. The second kappa shape index (κ2) is 6.13. The van der Waals surface area contributed by atoms with Crippen LogP contribution >= 0.6 is 15.9 Å². The smallest absolute Gasteiger partial charge is 0.196 e. The number of nitrogens with two attached hydrogens (primary N) is 1. The number of carbonyl (C=O) groups is 1. The first kappa shape index (κ1) is 15.3. The van der Waals surface area contributed by atoms with Crippen LogP contribution in [0.4, 0.5) is 10.1 Å². The van der Waals surface area contributed by atoms with Crippen molar-refractivity contribution in [2.45, 2.75) is 0 Å². The van der Waals surface area contributed by atoms with Crippen LogP contribution in [-0.4, -0.2) is 20.0 Å². The van der Waals surface area contributed by atoms with Crippen LogP contribution in [0, 0.1) is 5.82 Å². The largest absolute Gasteiger partial charge is 0.496 e. The van der Waals surface area contributed by atoms with E-state index in [1.165, 1.54) is 26.4 Å². The second-order valence-electron chi connectivity index (χ2n) is 4.25. The van der Waals surface area contributed by atoms with Crippen molar-refractivity contribution in [2.75, 3.05) is 20.0 Å². The van der Waals surface area contributed by atoms with Crippen LogP contribution in [0.15, 0.2) is 34.8 Å². The Hall–Kier alpha value is -2.08. The summed E-state index contributed by atoms with van der Waals surface area (Å²) in [6.07, 6.45) is 0. The van der Waals surface area contributed by atoms with E-state index in [0.29, 0.717) is 17.0 Å². The second-order valence-corrected chi connectivity index (χ2v) is 5.11. The van der Waals surface area contributed by atoms with Crippen LogP contribution in [0.1, 0.15) is 15.9 Å². The van der Waals surface area contributed by atoms with E-state index in [4.69, 9.17) is 15.2 Å². The molecule has 4 nitrogen and oxygen atoms in total. The first-order chi connectivity index (χ1) is 9.97. The number of anilines is 1. The molecule has 0 heterocycles. The molecule has 2 aromatic carbocycles. The van der Waals surface area contributed by atoms with Gasteiger partial charge in [-0.1, -0.05) is 0 Å². The van der Waals surface area contributed by atoms with Crippen molar-refractivity contribution in [1.29, 1.82) is 0 Å². The van der Waals surface area contributed by atoms with E-state index in [9.17, 15) is 9.18 Å². The van der Waals surface area contributed by atoms with Gasteiger partial charge in [-0.25, -0.2) is 4.39 Å². The summed E-state index contributed by atoms with van der Waals surface area (Å²) in [5.41, 5.74) is 6.76. The average Bonchev–Trinajstić information content (AvgIpc) is 2.48. The van der Waals surface area contributed by atoms with Crippen LogP contribution in [-0.2, 0) is 0 Å². The lowest BCUT2D eigenvalue weighted by atomic mass is 10.0. The van der Waals surface area contributed by atoms with Crippen molar-refractivity contribution in [3.05, 3.63) is 51.7 Å². The van der Waals surface area contributed by atoms with E-state index in [-0.39, 0.29) is 21.6 Å². The summed E-state index contributed by atoms with van der Waals surface area (Å²) in [5.74, 6) is -0.173. The van der Waals surface area contributed by atoms with Gasteiger partial charge in [0.2, 0.25) is 0 Å². The quantitative estimate of drug-likeness (QED) is 0.675. The molecule has 0 spiro atoms. The Labute approximate surface area is 129 Å². The highest BCUT2D eigenvalue weighted by molar-refractivity contribution is 9.10. The number of methoxy groups -OCH3 is 2. The third-order valence-corrected chi connectivity index (χ3v) is 3.59. The number of benzene rings is 2. The van der Waals surface area contributed by atoms with Gasteiger partial charge in [0.25, 0.3) is 0 Å². The summed E-state index contributed by atoms with van der Waals surface area (Å²) in [5, 5.41) is 0. The van der Waals surface area contributed by atoms with Crippen LogP contribution in [0.2, 0.25) is 0 Å². The van der Waals surface area contributed by atoms with Crippen molar-refractivity contribution in [2.24, 2.45) is 0 Å². The van der Waals surface area contributed by atoms with Gasteiger partial charge in [-0.05, 0) is 40.2 Å². The number of halogens is 2. The summed E-state index contributed by atoms with van der Waals surface area (Å²) in [7, 11) is 2.87. The highest BCUT2D eigenvalue weighted by Crippen LogP contribution is 2.30. The maximum absolute atomic E-state index is 13.5. The molecule has 0 aromatic heterocycles. The zero-order valence-electron chi connectivity index (χ0n) is 11.4. The van der Waals surface area contributed by atoms with E-state index >= 15 is 0 Å². The van der Waals surface area contributed by atoms with E-state index in [1.54, 1.807) is 12.1 Å². The molecule has 2 rings (SSSR count). The van der Waals surface area contributed by atoms with E-state index < -0.39 is 5.82 Å².